The predicted octanol–water partition coefficient (Wildman–Crippen LogP) is 2.78. The van der Waals surface area contributed by atoms with Crippen LogP contribution in [0.25, 0.3) is 0 Å². The number of aromatic nitrogens is 1. The Labute approximate surface area is 128 Å². The third kappa shape index (κ3) is 3.52. The molecule has 6 nitrogen and oxygen atoms in total. The fraction of sp³-hybridized carbons (Fsp3) is 0.312. The smallest absolute Gasteiger partial charge is 0.344 e. The molecule has 0 saturated carbocycles. The van der Waals surface area contributed by atoms with Crippen LogP contribution in [0.4, 0.5) is 5.69 Å². The number of anilines is 1. The minimum atomic E-state index is -0.929. The number of benzene rings is 1. The largest absolute Gasteiger partial charge is 0.449 e. The van der Waals surface area contributed by atoms with E-state index in [0.29, 0.717) is 17.1 Å². The van der Waals surface area contributed by atoms with Gasteiger partial charge in [0.05, 0.1) is 5.69 Å². The quantitative estimate of drug-likeness (QED) is 0.878. The van der Waals surface area contributed by atoms with E-state index in [9.17, 15) is 9.59 Å². The topological polar surface area (TPSA) is 81.4 Å². The Hall–Kier alpha value is -2.63. The Morgan fingerprint density at radius 1 is 1.27 bits per heavy atom. The SMILES string of the molecule is Cc1cccc(NC(=O)[C@@H](C)OC(=O)c2c(C)noc2C)c1. The maximum Gasteiger partial charge on any atom is 0.344 e. The third-order valence-corrected chi connectivity index (χ3v) is 3.18. The molecular formula is C16H18N2O4. The molecule has 0 fully saturated rings. The van der Waals surface area contributed by atoms with Crippen LogP contribution in [0.2, 0.25) is 0 Å². The number of rotatable bonds is 4. The summed E-state index contributed by atoms with van der Waals surface area (Å²) in [6, 6.07) is 7.37. The molecule has 0 spiro atoms. The Balaban J connectivity index is 2.01. The van der Waals surface area contributed by atoms with Gasteiger partial charge < -0.3 is 14.6 Å². The highest BCUT2D eigenvalue weighted by Gasteiger charge is 2.24. The molecule has 1 N–H and O–H groups in total. The number of hydrogen-bond donors (Lipinski definition) is 1. The van der Waals surface area contributed by atoms with E-state index >= 15 is 0 Å². The molecule has 116 valence electrons. The lowest BCUT2D eigenvalue weighted by molar-refractivity contribution is -0.123. The summed E-state index contributed by atoms with van der Waals surface area (Å²) in [7, 11) is 0. The minimum absolute atomic E-state index is 0.259. The van der Waals surface area contributed by atoms with E-state index < -0.39 is 18.0 Å². The van der Waals surface area contributed by atoms with Gasteiger partial charge in [0.1, 0.15) is 11.3 Å². The first kappa shape index (κ1) is 15.8. The van der Waals surface area contributed by atoms with Crippen LogP contribution in [0.15, 0.2) is 28.8 Å². The van der Waals surface area contributed by atoms with E-state index in [2.05, 4.69) is 10.5 Å². The third-order valence-electron chi connectivity index (χ3n) is 3.18. The van der Waals surface area contributed by atoms with E-state index in [1.165, 1.54) is 6.92 Å². The van der Waals surface area contributed by atoms with Crippen molar-refractivity contribution >= 4 is 17.6 Å². The number of esters is 1. The van der Waals surface area contributed by atoms with E-state index in [1.54, 1.807) is 19.9 Å². The van der Waals surface area contributed by atoms with Gasteiger partial charge in [-0.1, -0.05) is 17.3 Å². The second-order valence-electron chi connectivity index (χ2n) is 5.11. The molecular weight excluding hydrogens is 284 g/mol. The second kappa shape index (κ2) is 6.43. The molecule has 2 rings (SSSR count). The number of carbonyl (C=O) groups excluding carboxylic acids is 2. The van der Waals surface area contributed by atoms with Crippen molar-refractivity contribution in [3.8, 4) is 0 Å². The lowest BCUT2D eigenvalue weighted by Gasteiger charge is -2.13. The van der Waals surface area contributed by atoms with Gasteiger partial charge in [-0.3, -0.25) is 4.79 Å². The number of carbonyl (C=O) groups is 2. The molecule has 2 aromatic rings. The van der Waals surface area contributed by atoms with Gasteiger partial charge in [0.2, 0.25) is 0 Å². The summed E-state index contributed by atoms with van der Waals surface area (Å²) in [4.78, 5) is 24.1. The molecule has 0 aliphatic carbocycles. The molecule has 1 aromatic heterocycles. The zero-order valence-corrected chi connectivity index (χ0v) is 13.0. The van der Waals surface area contributed by atoms with Crippen molar-refractivity contribution in [2.24, 2.45) is 0 Å². The lowest BCUT2D eigenvalue weighted by Crippen LogP contribution is -2.30. The number of amides is 1. The highest BCUT2D eigenvalue weighted by atomic mass is 16.5. The summed E-state index contributed by atoms with van der Waals surface area (Å²) in [5.41, 5.74) is 2.38. The van der Waals surface area contributed by atoms with Crippen molar-refractivity contribution in [2.45, 2.75) is 33.8 Å². The number of aryl methyl sites for hydroxylation is 3. The van der Waals surface area contributed by atoms with E-state index in [-0.39, 0.29) is 5.56 Å². The summed E-state index contributed by atoms with van der Waals surface area (Å²) in [6.07, 6.45) is -0.929. The van der Waals surface area contributed by atoms with Crippen LogP contribution in [0.3, 0.4) is 0 Å². The molecule has 1 atom stereocenters. The standard InChI is InChI=1S/C16H18N2O4/c1-9-6-5-7-13(8-9)17-15(19)12(4)21-16(20)14-10(2)18-22-11(14)3/h5-8,12H,1-4H3,(H,17,19)/t12-/m1/s1. The highest BCUT2D eigenvalue weighted by Crippen LogP contribution is 2.15. The van der Waals surface area contributed by atoms with Gasteiger partial charge in [0.25, 0.3) is 5.91 Å². The van der Waals surface area contributed by atoms with Crippen LogP contribution >= 0.6 is 0 Å². The second-order valence-corrected chi connectivity index (χ2v) is 5.11. The fourth-order valence-corrected chi connectivity index (χ4v) is 2.01. The molecule has 1 heterocycles. The molecule has 0 aliphatic heterocycles. The summed E-state index contributed by atoms with van der Waals surface area (Å²) in [5, 5.41) is 6.40. The zero-order chi connectivity index (χ0) is 16.3. The van der Waals surface area contributed by atoms with Crippen LogP contribution in [-0.4, -0.2) is 23.1 Å². The molecule has 0 bridgehead atoms. The van der Waals surface area contributed by atoms with Crippen molar-refractivity contribution in [1.29, 1.82) is 0 Å². The van der Waals surface area contributed by atoms with Crippen molar-refractivity contribution in [3.05, 3.63) is 46.8 Å². The Bertz CT molecular complexity index is 686. The van der Waals surface area contributed by atoms with Gasteiger partial charge in [0, 0.05) is 5.69 Å². The number of nitrogens with zero attached hydrogens (tertiary/aromatic N) is 1. The molecule has 1 amide bonds. The van der Waals surface area contributed by atoms with Crippen LogP contribution in [0.1, 0.15) is 34.3 Å². The van der Waals surface area contributed by atoms with Crippen molar-refractivity contribution < 1.29 is 18.8 Å². The molecule has 6 heteroatoms. The average molecular weight is 302 g/mol. The van der Waals surface area contributed by atoms with E-state index in [0.717, 1.165) is 5.56 Å². The number of hydrogen-bond acceptors (Lipinski definition) is 5. The van der Waals surface area contributed by atoms with E-state index in [1.807, 2.05) is 25.1 Å². The van der Waals surface area contributed by atoms with Crippen molar-refractivity contribution in [3.63, 3.8) is 0 Å². The number of ether oxygens (including phenoxy) is 1. The van der Waals surface area contributed by atoms with Gasteiger partial charge >= 0.3 is 5.97 Å². The molecule has 0 unspecified atom stereocenters. The summed E-state index contributed by atoms with van der Waals surface area (Å²) < 4.78 is 10.1. The Morgan fingerprint density at radius 3 is 2.59 bits per heavy atom. The monoisotopic (exact) mass is 302 g/mol. The molecule has 22 heavy (non-hydrogen) atoms. The molecule has 1 aromatic carbocycles. The van der Waals surface area contributed by atoms with Crippen LogP contribution in [0.5, 0.6) is 0 Å². The first-order valence-electron chi connectivity index (χ1n) is 6.90. The zero-order valence-electron chi connectivity index (χ0n) is 13.0. The predicted molar refractivity (Wildman–Crippen MR) is 80.7 cm³/mol. The summed E-state index contributed by atoms with van der Waals surface area (Å²) in [6.45, 7) is 6.70. The van der Waals surface area contributed by atoms with Gasteiger partial charge in [-0.15, -0.1) is 0 Å². The molecule has 0 aliphatic rings. The first-order valence-corrected chi connectivity index (χ1v) is 6.90. The van der Waals surface area contributed by atoms with Gasteiger partial charge in [0.15, 0.2) is 6.10 Å². The Kier molecular flexibility index (Phi) is 4.60. The highest BCUT2D eigenvalue weighted by molar-refractivity contribution is 5.98. The van der Waals surface area contributed by atoms with Crippen LogP contribution < -0.4 is 5.32 Å². The van der Waals surface area contributed by atoms with Crippen molar-refractivity contribution in [2.75, 3.05) is 5.32 Å². The van der Waals surface area contributed by atoms with E-state index in [4.69, 9.17) is 9.26 Å². The maximum atomic E-state index is 12.1. The Morgan fingerprint density at radius 2 is 2.00 bits per heavy atom. The van der Waals surface area contributed by atoms with Crippen molar-refractivity contribution in [1.82, 2.24) is 5.16 Å². The first-order chi connectivity index (χ1) is 10.4. The fourth-order valence-electron chi connectivity index (χ4n) is 2.01. The molecule has 0 radical (unpaired) electrons. The van der Waals surface area contributed by atoms with Gasteiger partial charge in [-0.05, 0) is 45.4 Å². The normalized spacial score (nSPS) is 11.8. The van der Waals surface area contributed by atoms with Gasteiger partial charge in [-0.2, -0.15) is 0 Å². The average Bonchev–Trinajstić information content (AvgIpc) is 2.78. The van der Waals surface area contributed by atoms with Gasteiger partial charge in [-0.25, -0.2) is 4.79 Å². The summed E-state index contributed by atoms with van der Waals surface area (Å²) >= 11 is 0. The summed E-state index contributed by atoms with van der Waals surface area (Å²) in [5.74, 6) is -0.650. The minimum Gasteiger partial charge on any atom is -0.449 e. The molecule has 0 saturated heterocycles. The number of nitrogens with one attached hydrogen (secondary N) is 1. The van der Waals surface area contributed by atoms with Crippen LogP contribution in [-0.2, 0) is 9.53 Å². The lowest BCUT2D eigenvalue weighted by atomic mass is 10.2. The maximum absolute atomic E-state index is 12.1. The van der Waals surface area contributed by atoms with Crippen LogP contribution in [0, 0.1) is 20.8 Å².